The van der Waals surface area contributed by atoms with Crippen molar-refractivity contribution in [1.29, 1.82) is 0 Å². The van der Waals surface area contributed by atoms with Crippen LogP contribution in [0.15, 0.2) is 15.8 Å². The molecule has 2 rings (SSSR count). The minimum atomic E-state index is 0.168. The molecule has 1 amide bonds. The topological polar surface area (TPSA) is 46.1 Å². The first-order valence-electron chi connectivity index (χ1n) is 5.75. The Balaban J connectivity index is 1.90. The molecule has 1 fully saturated rings. The second-order valence-corrected chi connectivity index (χ2v) is 6.13. The van der Waals surface area contributed by atoms with Gasteiger partial charge < -0.3 is 4.90 Å². The lowest BCUT2D eigenvalue weighted by Gasteiger charge is -2.26. The van der Waals surface area contributed by atoms with Crippen LogP contribution in [0.25, 0.3) is 0 Å². The largest absolute Gasteiger partial charge is 0.342 e. The van der Waals surface area contributed by atoms with Crippen LogP contribution >= 0.6 is 39.3 Å². The first-order chi connectivity index (χ1) is 8.68. The molecule has 4 nitrogen and oxygen atoms in total. The highest BCUT2D eigenvalue weighted by Gasteiger charge is 2.17. The summed E-state index contributed by atoms with van der Waals surface area (Å²) in [6, 6.07) is 0. The number of carbonyl (C=O) groups is 1. The van der Waals surface area contributed by atoms with E-state index < -0.39 is 0 Å². The van der Waals surface area contributed by atoms with Crippen molar-refractivity contribution >= 4 is 45.2 Å². The van der Waals surface area contributed by atoms with Crippen LogP contribution < -0.4 is 0 Å². The van der Waals surface area contributed by atoms with Crippen molar-refractivity contribution < 1.29 is 4.79 Å². The van der Waals surface area contributed by atoms with Gasteiger partial charge in [0.15, 0.2) is 0 Å². The van der Waals surface area contributed by atoms with Gasteiger partial charge in [-0.15, -0.1) is 0 Å². The van der Waals surface area contributed by atoms with Crippen LogP contribution in [0.1, 0.15) is 19.3 Å². The maximum absolute atomic E-state index is 12.0. The van der Waals surface area contributed by atoms with Gasteiger partial charge in [0, 0.05) is 13.1 Å². The molecule has 98 valence electrons. The van der Waals surface area contributed by atoms with Gasteiger partial charge in [-0.05, 0) is 35.2 Å². The lowest BCUT2D eigenvalue weighted by atomic mass is 10.1. The van der Waals surface area contributed by atoms with Gasteiger partial charge in [0.2, 0.25) is 5.91 Å². The Kier molecular flexibility index (Phi) is 5.26. The third kappa shape index (κ3) is 3.59. The van der Waals surface area contributed by atoms with E-state index >= 15 is 0 Å². The Morgan fingerprint density at radius 1 is 1.39 bits per heavy atom. The maximum atomic E-state index is 12.0. The Hall–Kier alpha value is -0.330. The first kappa shape index (κ1) is 14.1. The zero-order valence-corrected chi connectivity index (χ0v) is 12.9. The third-order valence-electron chi connectivity index (χ3n) is 2.76. The van der Waals surface area contributed by atoms with Crippen molar-refractivity contribution in [2.45, 2.75) is 24.3 Å². The van der Waals surface area contributed by atoms with Crippen molar-refractivity contribution in [3.8, 4) is 0 Å². The predicted octanol–water partition coefficient (Wildman–Crippen LogP) is 3.00. The number of amides is 1. The van der Waals surface area contributed by atoms with E-state index in [0.717, 1.165) is 25.9 Å². The van der Waals surface area contributed by atoms with Crippen LogP contribution in [0, 0.1) is 0 Å². The third-order valence-corrected chi connectivity index (χ3v) is 5.26. The van der Waals surface area contributed by atoms with Gasteiger partial charge in [-0.25, -0.2) is 9.97 Å². The molecule has 2 heterocycles. The van der Waals surface area contributed by atoms with Crippen LogP contribution in [0.4, 0.5) is 0 Å². The summed E-state index contributed by atoms with van der Waals surface area (Å²) in [5.41, 5.74) is 0. The van der Waals surface area contributed by atoms with E-state index in [0.29, 0.717) is 20.4 Å². The maximum Gasteiger partial charge on any atom is 0.232 e. The summed E-state index contributed by atoms with van der Waals surface area (Å²) in [7, 11) is 0. The Morgan fingerprint density at radius 3 is 2.83 bits per heavy atom. The number of thioether (sulfide) groups is 1. The minimum absolute atomic E-state index is 0.168. The van der Waals surface area contributed by atoms with Crippen molar-refractivity contribution in [1.82, 2.24) is 14.9 Å². The molecule has 1 aromatic rings. The van der Waals surface area contributed by atoms with Gasteiger partial charge in [0.25, 0.3) is 0 Å². The fourth-order valence-corrected chi connectivity index (χ4v) is 3.32. The summed E-state index contributed by atoms with van der Waals surface area (Å²) in [5.74, 6) is 0.563. The van der Waals surface area contributed by atoms with E-state index in [1.165, 1.54) is 24.5 Å². The molecule has 0 aliphatic carbocycles. The molecule has 18 heavy (non-hydrogen) atoms. The summed E-state index contributed by atoms with van der Waals surface area (Å²) in [5, 5.41) is 1.08. The highest BCUT2D eigenvalue weighted by atomic mass is 79.9. The van der Waals surface area contributed by atoms with Gasteiger partial charge in [-0.3, -0.25) is 4.79 Å². The number of aromatic nitrogens is 2. The number of nitrogens with zero attached hydrogens (tertiary/aromatic N) is 3. The van der Waals surface area contributed by atoms with E-state index in [-0.39, 0.29) is 5.91 Å². The van der Waals surface area contributed by atoms with E-state index in [2.05, 4.69) is 25.9 Å². The molecule has 0 atom stereocenters. The molecule has 0 unspecified atom stereocenters. The van der Waals surface area contributed by atoms with Crippen LogP contribution in [-0.4, -0.2) is 39.6 Å². The number of piperidine rings is 1. The molecule has 1 aromatic heterocycles. The van der Waals surface area contributed by atoms with Gasteiger partial charge in [0.05, 0.1) is 10.2 Å². The highest BCUT2D eigenvalue weighted by molar-refractivity contribution is 9.10. The summed E-state index contributed by atoms with van der Waals surface area (Å²) in [4.78, 5) is 21.9. The fourth-order valence-electron chi connectivity index (χ4n) is 1.80. The van der Waals surface area contributed by atoms with Crippen LogP contribution in [0.5, 0.6) is 0 Å². The quantitative estimate of drug-likeness (QED) is 0.621. The van der Waals surface area contributed by atoms with Crippen LogP contribution in [0.3, 0.4) is 0 Å². The number of carbonyl (C=O) groups excluding carboxylic acids is 1. The number of hydrogen-bond acceptors (Lipinski definition) is 4. The van der Waals surface area contributed by atoms with Crippen LogP contribution in [-0.2, 0) is 4.79 Å². The van der Waals surface area contributed by atoms with E-state index in [1.807, 2.05) is 4.90 Å². The molecule has 1 aliphatic rings. The lowest BCUT2D eigenvalue weighted by Crippen LogP contribution is -2.36. The normalized spacial score (nSPS) is 15.8. The zero-order chi connectivity index (χ0) is 13.0. The monoisotopic (exact) mass is 349 g/mol. The van der Waals surface area contributed by atoms with Gasteiger partial charge >= 0.3 is 0 Å². The average Bonchev–Trinajstić information content (AvgIpc) is 2.41. The van der Waals surface area contributed by atoms with Gasteiger partial charge in [-0.2, -0.15) is 0 Å². The predicted molar refractivity (Wildman–Crippen MR) is 75.9 cm³/mol. The molecule has 1 aliphatic heterocycles. The Bertz CT molecular complexity index is 440. The van der Waals surface area contributed by atoms with Gasteiger partial charge in [0.1, 0.15) is 16.5 Å². The molecule has 0 radical (unpaired) electrons. The van der Waals surface area contributed by atoms with Crippen LogP contribution in [0.2, 0.25) is 5.15 Å². The first-order valence-corrected chi connectivity index (χ1v) is 7.90. The molecule has 0 saturated carbocycles. The lowest BCUT2D eigenvalue weighted by molar-refractivity contribution is -0.129. The number of hydrogen-bond donors (Lipinski definition) is 0. The highest BCUT2D eigenvalue weighted by Crippen LogP contribution is 2.29. The Morgan fingerprint density at radius 2 is 2.11 bits per heavy atom. The summed E-state index contributed by atoms with van der Waals surface area (Å²) < 4.78 is 0.656. The molecular formula is C11H13BrClN3OS. The zero-order valence-electron chi connectivity index (χ0n) is 9.73. The van der Waals surface area contributed by atoms with E-state index in [1.54, 1.807) is 0 Å². The SMILES string of the molecule is O=C(CSc1ncnc(Cl)c1Br)N1CCCCC1. The molecule has 1 saturated heterocycles. The minimum Gasteiger partial charge on any atom is -0.342 e. The smallest absolute Gasteiger partial charge is 0.232 e. The standard InChI is InChI=1S/C11H13BrClN3OS/c12-9-10(13)14-7-15-11(9)18-6-8(17)16-4-2-1-3-5-16/h7H,1-6H2. The molecular weight excluding hydrogens is 338 g/mol. The molecule has 0 aromatic carbocycles. The average molecular weight is 351 g/mol. The summed E-state index contributed by atoms with van der Waals surface area (Å²) in [6.45, 7) is 1.76. The number of likely N-dealkylation sites (tertiary alicyclic amines) is 1. The fraction of sp³-hybridized carbons (Fsp3) is 0.545. The van der Waals surface area contributed by atoms with E-state index in [9.17, 15) is 4.79 Å². The van der Waals surface area contributed by atoms with Crippen molar-refractivity contribution in [3.63, 3.8) is 0 Å². The Labute approximate surface area is 124 Å². The molecule has 0 N–H and O–H groups in total. The number of rotatable bonds is 3. The second-order valence-electron chi connectivity index (χ2n) is 4.01. The van der Waals surface area contributed by atoms with Crippen molar-refractivity contribution in [2.24, 2.45) is 0 Å². The van der Waals surface area contributed by atoms with E-state index in [4.69, 9.17) is 11.6 Å². The second kappa shape index (κ2) is 6.73. The van der Waals surface area contributed by atoms with Gasteiger partial charge in [-0.1, -0.05) is 23.4 Å². The number of halogens is 2. The molecule has 7 heteroatoms. The summed E-state index contributed by atoms with van der Waals surface area (Å²) >= 11 is 10.6. The van der Waals surface area contributed by atoms with Crippen molar-refractivity contribution in [2.75, 3.05) is 18.8 Å². The summed E-state index contributed by atoms with van der Waals surface area (Å²) in [6.07, 6.45) is 4.85. The van der Waals surface area contributed by atoms with Crippen molar-refractivity contribution in [3.05, 3.63) is 16.0 Å². The molecule has 0 spiro atoms. The molecule has 0 bridgehead atoms.